The molecule has 0 aliphatic carbocycles. The highest BCUT2D eigenvalue weighted by Gasteiger charge is 2.27. The van der Waals surface area contributed by atoms with Gasteiger partial charge >= 0.3 is 5.97 Å². The number of carbonyl (C=O) groups excluding carboxylic acids is 1. The fraction of sp³-hybridized carbons (Fsp3) is 0.636. The largest absolute Gasteiger partial charge is 0.462 e. The lowest BCUT2D eigenvalue weighted by atomic mass is 10.3. The zero-order valence-corrected chi connectivity index (χ0v) is 11.8. The minimum atomic E-state index is -2.95. The standard InChI is InChI=1S/C11H17N3O4S/c1-3-18-11(15)9-8-13(2)12-10(9)14-4-6-19(16,17)7-5-14/h8H,3-7H2,1-2H3. The second-order valence-corrected chi connectivity index (χ2v) is 6.70. The molecule has 106 valence electrons. The van der Waals surface area contributed by atoms with Crippen molar-refractivity contribution in [3.05, 3.63) is 11.8 Å². The van der Waals surface area contributed by atoms with Crippen LogP contribution < -0.4 is 4.90 Å². The third-order valence-corrected chi connectivity index (χ3v) is 4.56. The molecule has 2 rings (SSSR count). The van der Waals surface area contributed by atoms with Crippen LogP contribution in [-0.2, 0) is 21.6 Å². The van der Waals surface area contributed by atoms with E-state index in [-0.39, 0.29) is 11.5 Å². The Balaban J connectivity index is 2.23. The molecule has 0 atom stereocenters. The van der Waals surface area contributed by atoms with Crippen LogP contribution in [-0.4, -0.2) is 55.4 Å². The third-order valence-electron chi connectivity index (χ3n) is 2.95. The van der Waals surface area contributed by atoms with E-state index in [0.29, 0.717) is 31.1 Å². The highest BCUT2D eigenvalue weighted by atomic mass is 32.2. The van der Waals surface area contributed by atoms with Gasteiger partial charge in [-0.1, -0.05) is 0 Å². The molecule has 2 heterocycles. The molecule has 8 heteroatoms. The van der Waals surface area contributed by atoms with Crippen LogP contribution in [0.15, 0.2) is 6.20 Å². The average molecular weight is 287 g/mol. The first-order chi connectivity index (χ1) is 8.93. The maximum absolute atomic E-state index is 11.8. The van der Waals surface area contributed by atoms with E-state index < -0.39 is 15.8 Å². The average Bonchev–Trinajstić information content (AvgIpc) is 2.72. The molecule has 0 unspecified atom stereocenters. The zero-order chi connectivity index (χ0) is 14.0. The Hall–Kier alpha value is -1.57. The molecule has 1 fully saturated rings. The fourth-order valence-corrected chi connectivity index (χ4v) is 3.19. The summed E-state index contributed by atoms with van der Waals surface area (Å²) in [6, 6.07) is 0. The van der Waals surface area contributed by atoms with Crippen LogP contribution in [0.1, 0.15) is 17.3 Å². The van der Waals surface area contributed by atoms with E-state index in [0.717, 1.165) is 0 Å². The Kier molecular flexibility index (Phi) is 3.79. The predicted molar refractivity (Wildman–Crippen MR) is 70.0 cm³/mol. The van der Waals surface area contributed by atoms with Gasteiger partial charge in [0.15, 0.2) is 15.7 Å². The quantitative estimate of drug-likeness (QED) is 0.718. The Labute approximate surface area is 112 Å². The van der Waals surface area contributed by atoms with Crippen LogP contribution in [0.4, 0.5) is 5.82 Å². The van der Waals surface area contributed by atoms with E-state index in [1.807, 2.05) is 4.90 Å². The summed E-state index contributed by atoms with van der Waals surface area (Å²) in [7, 11) is -1.24. The molecule has 1 aliphatic heterocycles. The van der Waals surface area contributed by atoms with Gasteiger partial charge in [0.1, 0.15) is 5.56 Å². The molecule has 0 amide bonds. The molecule has 0 N–H and O–H groups in total. The number of hydrogen-bond acceptors (Lipinski definition) is 6. The summed E-state index contributed by atoms with van der Waals surface area (Å²) in [5, 5.41) is 4.23. The van der Waals surface area contributed by atoms with Gasteiger partial charge in [0.2, 0.25) is 0 Å². The summed E-state index contributed by atoms with van der Waals surface area (Å²) in [6.07, 6.45) is 1.59. The van der Waals surface area contributed by atoms with Crippen LogP contribution in [0, 0.1) is 0 Å². The molecule has 0 radical (unpaired) electrons. The Morgan fingerprint density at radius 1 is 1.42 bits per heavy atom. The highest BCUT2D eigenvalue weighted by molar-refractivity contribution is 7.91. The Bertz CT molecular complexity index is 565. The molecule has 0 spiro atoms. The van der Waals surface area contributed by atoms with Crippen molar-refractivity contribution in [2.75, 3.05) is 36.1 Å². The minimum absolute atomic E-state index is 0.0891. The van der Waals surface area contributed by atoms with Gasteiger partial charge in [-0.2, -0.15) is 5.10 Å². The van der Waals surface area contributed by atoms with E-state index >= 15 is 0 Å². The number of ether oxygens (including phenoxy) is 1. The molecule has 19 heavy (non-hydrogen) atoms. The molecule has 7 nitrogen and oxygen atoms in total. The van der Waals surface area contributed by atoms with Crippen LogP contribution in [0.5, 0.6) is 0 Å². The number of hydrogen-bond donors (Lipinski definition) is 0. The van der Waals surface area contributed by atoms with Crippen LogP contribution in [0.3, 0.4) is 0 Å². The first-order valence-corrected chi connectivity index (χ1v) is 7.91. The van der Waals surface area contributed by atoms with Crippen molar-refractivity contribution < 1.29 is 17.9 Å². The normalized spacial score (nSPS) is 18.3. The van der Waals surface area contributed by atoms with Crippen molar-refractivity contribution in [1.29, 1.82) is 0 Å². The molecule has 1 aromatic heterocycles. The van der Waals surface area contributed by atoms with Gasteiger partial charge in [-0.15, -0.1) is 0 Å². The molecule has 0 aromatic carbocycles. The lowest BCUT2D eigenvalue weighted by Gasteiger charge is -2.27. The SMILES string of the molecule is CCOC(=O)c1cn(C)nc1N1CCS(=O)(=O)CC1. The monoisotopic (exact) mass is 287 g/mol. The van der Waals surface area contributed by atoms with Gasteiger partial charge in [-0.25, -0.2) is 13.2 Å². The summed E-state index contributed by atoms with van der Waals surface area (Å²) in [5.41, 5.74) is 0.378. The number of esters is 1. The molecule has 0 bridgehead atoms. The summed E-state index contributed by atoms with van der Waals surface area (Å²) >= 11 is 0. The number of sulfone groups is 1. The first kappa shape index (κ1) is 13.9. The van der Waals surface area contributed by atoms with Gasteiger partial charge in [0, 0.05) is 26.3 Å². The number of carbonyl (C=O) groups is 1. The Morgan fingerprint density at radius 3 is 2.63 bits per heavy atom. The van der Waals surface area contributed by atoms with Crippen LogP contribution in [0.25, 0.3) is 0 Å². The van der Waals surface area contributed by atoms with Crippen molar-refractivity contribution in [3.8, 4) is 0 Å². The van der Waals surface area contributed by atoms with E-state index in [2.05, 4.69) is 5.10 Å². The van der Waals surface area contributed by atoms with Crippen molar-refractivity contribution in [2.45, 2.75) is 6.92 Å². The van der Waals surface area contributed by atoms with Gasteiger partial charge in [0.05, 0.1) is 18.1 Å². The lowest BCUT2D eigenvalue weighted by Crippen LogP contribution is -2.41. The molecule has 1 aliphatic rings. The smallest absolute Gasteiger partial charge is 0.343 e. The summed E-state index contributed by atoms with van der Waals surface area (Å²) in [5.74, 6) is 0.243. The van der Waals surface area contributed by atoms with Crippen LogP contribution >= 0.6 is 0 Å². The number of aromatic nitrogens is 2. The van der Waals surface area contributed by atoms with Gasteiger partial charge in [-0.3, -0.25) is 4.68 Å². The van der Waals surface area contributed by atoms with Crippen molar-refractivity contribution in [1.82, 2.24) is 9.78 Å². The van der Waals surface area contributed by atoms with E-state index in [4.69, 9.17) is 4.74 Å². The first-order valence-electron chi connectivity index (χ1n) is 6.09. The molecule has 1 aromatic rings. The second kappa shape index (κ2) is 5.20. The van der Waals surface area contributed by atoms with E-state index in [9.17, 15) is 13.2 Å². The number of rotatable bonds is 3. The maximum Gasteiger partial charge on any atom is 0.343 e. The van der Waals surface area contributed by atoms with E-state index in [1.165, 1.54) is 4.68 Å². The molecular formula is C11H17N3O4S. The van der Waals surface area contributed by atoms with Gasteiger partial charge in [0.25, 0.3) is 0 Å². The fourth-order valence-electron chi connectivity index (χ4n) is 1.99. The molecular weight excluding hydrogens is 270 g/mol. The number of anilines is 1. The lowest BCUT2D eigenvalue weighted by molar-refractivity contribution is 0.0527. The maximum atomic E-state index is 11.8. The highest BCUT2D eigenvalue weighted by Crippen LogP contribution is 2.21. The van der Waals surface area contributed by atoms with E-state index in [1.54, 1.807) is 20.2 Å². The minimum Gasteiger partial charge on any atom is -0.462 e. The predicted octanol–water partition coefficient (Wildman–Crippen LogP) is -0.168. The summed E-state index contributed by atoms with van der Waals surface area (Å²) in [6.45, 7) is 2.74. The van der Waals surface area contributed by atoms with Gasteiger partial charge < -0.3 is 9.64 Å². The summed E-state index contributed by atoms with van der Waals surface area (Å²) < 4.78 is 29.3. The zero-order valence-electron chi connectivity index (χ0n) is 11.0. The van der Waals surface area contributed by atoms with Crippen molar-refractivity contribution in [2.24, 2.45) is 7.05 Å². The topological polar surface area (TPSA) is 81.5 Å². The van der Waals surface area contributed by atoms with Crippen LogP contribution in [0.2, 0.25) is 0 Å². The van der Waals surface area contributed by atoms with Crippen molar-refractivity contribution in [3.63, 3.8) is 0 Å². The van der Waals surface area contributed by atoms with Gasteiger partial charge in [-0.05, 0) is 6.92 Å². The van der Waals surface area contributed by atoms with Crippen molar-refractivity contribution >= 4 is 21.6 Å². The number of nitrogens with zero attached hydrogens (tertiary/aromatic N) is 3. The molecule has 1 saturated heterocycles. The Morgan fingerprint density at radius 2 is 2.05 bits per heavy atom. The molecule has 0 saturated carbocycles. The second-order valence-electron chi connectivity index (χ2n) is 4.40. The number of aryl methyl sites for hydroxylation is 1. The third kappa shape index (κ3) is 3.06. The summed E-state index contributed by atoms with van der Waals surface area (Å²) in [4.78, 5) is 13.6.